The highest BCUT2D eigenvalue weighted by molar-refractivity contribution is 5.98. The fourth-order valence-electron chi connectivity index (χ4n) is 6.41. The normalized spacial score (nSPS) is 18.3. The Kier molecular flexibility index (Phi) is 11.8. The molecule has 0 unspecified atom stereocenters. The maximum Gasteiger partial charge on any atom is 0.420 e. The lowest BCUT2D eigenvalue weighted by atomic mass is 9.82. The average molecular weight is 679 g/mol. The summed E-state index contributed by atoms with van der Waals surface area (Å²) >= 11 is 0. The van der Waals surface area contributed by atoms with Crippen LogP contribution in [0.25, 0.3) is 11.4 Å². The summed E-state index contributed by atoms with van der Waals surface area (Å²) in [6, 6.07) is 5.52. The van der Waals surface area contributed by atoms with E-state index < -0.39 is 41.5 Å². The van der Waals surface area contributed by atoms with E-state index in [1.54, 1.807) is 67.6 Å². The minimum atomic E-state index is -0.781. The standard InChI is InChI=1S/C37H54N6O6/c1-24(30(26-16-11-10-12-17-26)40-32(44)25(2)41(9)34(46)48-36(3,4)5)42-22-15-20-29(42)33(45)39-28-19-14-13-18-27(28)31-38-21-23-43(31)35(47)49-37(6,7)8/h13-14,18-19,21,23,25-26,29-30H,1,10-12,15-17,20,22H2,2-9H3,(H,39,45)(H,40,44)/t25-,29-,30+/m0/s1. The number of imidazole rings is 1. The molecule has 1 saturated heterocycles. The minimum absolute atomic E-state index is 0.154. The molecule has 1 aromatic heterocycles. The molecular weight excluding hydrogens is 624 g/mol. The van der Waals surface area contributed by atoms with Crippen LogP contribution in [0.2, 0.25) is 0 Å². The van der Waals surface area contributed by atoms with Gasteiger partial charge < -0.3 is 25.0 Å². The van der Waals surface area contributed by atoms with Gasteiger partial charge in [0, 0.05) is 37.2 Å². The smallest absolute Gasteiger partial charge is 0.420 e. The quantitative estimate of drug-likeness (QED) is 0.304. The lowest BCUT2D eigenvalue weighted by molar-refractivity contribution is -0.126. The molecule has 0 spiro atoms. The van der Waals surface area contributed by atoms with Gasteiger partial charge in [0.05, 0.1) is 11.7 Å². The topological polar surface area (TPSA) is 135 Å². The number of likely N-dealkylation sites (N-methyl/N-ethyl adjacent to an activating group) is 1. The van der Waals surface area contributed by atoms with Crippen molar-refractivity contribution in [3.8, 4) is 11.4 Å². The number of ether oxygens (including phenoxy) is 2. The molecular formula is C37H54N6O6. The lowest BCUT2D eigenvalue weighted by Gasteiger charge is -2.39. The monoisotopic (exact) mass is 678 g/mol. The molecule has 268 valence electrons. The van der Waals surface area contributed by atoms with E-state index >= 15 is 0 Å². The average Bonchev–Trinajstić information content (AvgIpc) is 3.72. The zero-order valence-electron chi connectivity index (χ0n) is 30.4. The van der Waals surface area contributed by atoms with Crippen molar-refractivity contribution in [2.75, 3.05) is 18.9 Å². The molecule has 2 N–H and O–H groups in total. The lowest BCUT2D eigenvalue weighted by Crippen LogP contribution is -2.54. The molecule has 3 amide bonds. The maximum atomic E-state index is 14.0. The molecule has 4 rings (SSSR count). The highest BCUT2D eigenvalue weighted by Gasteiger charge is 2.39. The zero-order valence-corrected chi connectivity index (χ0v) is 30.4. The van der Waals surface area contributed by atoms with Crippen LogP contribution in [0.3, 0.4) is 0 Å². The van der Waals surface area contributed by atoms with E-state index in [9.17, 15) is 19.2 Å². The van der Waals surface area contributed by atoms with Crippen molar-refractivity contribution in [3.05, 3.63) is 48.9 Å². The van der Waals surface area contributed by atoms with Gasteiger partial charge in [-0.05, 0) is 92.2 Å². The second kappa shape index (κ2) is 15.5. The van der Waals surface area contributed by atoms with Gasteiger partial charge in [-0.15, -0.1) is 0 Å². The number of carbonyl (C=O) groups is 4. The predicted molar refractivity (Wildman–Crippen MR) is 189 cm³/mol. The molecule has 3 atom stereocenters. The number of aromatic nitrogens is 2. The molecule has 2 fully saturated rings. The number of rotatable bonds is 9. The largest absolute Gasteiger partial charge is 0.444 e. The van der Waals surface area contributed by atoms with E-state index in [1.807, 2.05) is 17.0 Å². The highest BCUT2D eigenvalue weighted by atomic mass is 16.6. The summed E-state index contributed by atoms with van der Waals surface area (Å²) in [5.74, 6) is -0.0164. The van der Waals surface area contributed by atoms with Crippen LogP contribution in [0.1, 0.15) is 93.4 Å². The van der Waals surface area contributed by atoms with Crippen molar-refractivity contribution in [2.24, 2.45) is 5.92 Å². The molecule has 2 aromatic rings. The number of likely N-dealkylation sites (tertiary alicyclic amines) is 1. The molecule has 2 aliphatic rings. The molecule has 0 radical (unpaired) electrons. The summed E-state index contributed by atoms with van der Waals surface area (Å²) in [5, 5.41) is 6.31. The number of hydrogen-bond acceptors (Lipinski definition) is 8. The van der Waals surface area contributed by atoms with Crippen LogP contribution in [0.5, 0.6) is 0 Å². The molecule has 1 saturated carbocycles. The van der Waals surface area contributed by atoms with Gasteiger partial charge in [-0.25, -0.2) is 19.1 Å². The van der Waals surface area contributed by atoms with Crippen molar-refractivity contribution in [1.29, 1.82) is 0 Å². The summed E-state index contributed by atoms with van der Waals surface area (Å²) in [5.41, 5.74) is 0.397. The van der Waals surface area contributed by atoms with Gasteiger partial charge in [-0.2, -0.15) is 0 Å². The first-order valence-corrected chi connectivity index (χ1v) is 17.4. The van der Waals surface area contributed by atoms with Crippen molar-refractivity contribution >= 4 is 29.7 Å². The number of anilines is 1. The van der Waals surface area contributed by atoms with Crippen LogP contribution in [0.4, 0.5) is 15.3 Å². The van der Waals surface area contributed by atoms with Gasteiger partial charge in [-0.3, -0.25) is 14.5 Å². The summed E-state index contributed by atoms with van der Waals surface area (Å²) < 4.78 is 12.4. The predicted octanol–water partition coefficient (Wildman–Crippen LogP) is 6.57. The van der Waals surface area contributed by atoms with Gasteiger partial charge in [0.2, 0.25) is 11.8 Å². The van der Waals surface area contributed by atoms with Gasteiger partial charge in [0.1, 0.15) is 23.3 Å². The first-order valence-electron chi connectivity index (χ1n) is 17.4. The minimum Gasteiger partial charge on any atom is -0.444 e. The van der Waals surface area contributed by atoms with Crippen molar-refractivity contribution in [3.63, 3.8) is 0 Å². The zero-order chi connectivity index (χ0) is 36.1. The van der Waals surface area contributed by atoms with Gasteiger partial charge in [0.15, 0.2) is 5.82 Å². The Bertz CT molecular complexity index is 1520. The Morgan fingerprint density at radius 3 is 2.27 bits per heavy atom. The summed E-state index contributed by atoms with van der Waals surface area (Å²) in [6.45, 7) is 17.5. The Morgan fingerprint density at radius 2 is 1.61 bits per heavy atom. The van der Waals surface area contributed by atoms with E-state index in [4.69, 9.17) is 9.47 Å². The number of carbonyl (C=O) groups excluding carboxylic acids is 4. The maximum absolute atomic E-state index is 14.0. The van der Waals surface area contributed by atoms with Gasteiger partial charge in [0.25, 0.3) is 0 Å². The number of para-hydroxylation sites is 1. The third-order valence-corrected chi connectivity index (χ3v) is 9.00. The summed E-state index contributed by atoms with van der Waals surface area (Å²) in [4.78, 5) is 61.1. The number of nitrogens with zero attached hydrogens (tertiary/aromatic N) is 4. The third kappa shape index (κ3) is 9.64. The number of nitrogens with one attached hydrogen (secondary N) is 2. The van der Waals surface area contributed by atoms with E-state index in [0.29, 0.717) is 35.7 Å². The van der Waals surface area contributed by atoms with Crippen LogP contribution in [-0.2, 0) is 19.1 Å². The van der Waals surface area contributed by atoms with E-state index in [2.05, 4.69) is 22.2 Å². The molecule has 12 nitrogen and oxygen atoms in total. The van der Waals surface area contributed by atoms with E-state index in [-0.39, 0.29) is 17.7 Å². The van der Waals surface area contributed by atoms with Crippen LogP contribution in [0.15, 0.2) is 48.9 Å². The third-order valence-electron chi connectivity index (χ3n) is 9.00. The number of hydrogen-bond donors (Lipinski definition) is 2. The Labute approximate surface area is 290 Å². The second-order valence-electron chi connectivity index (χ2n) is 15.1. The Morgan fingerprint density at radius 1 is 0.959 bits per heavy atom. The summed E-state index contributed by atoms with van der Waals surface area (Å²) in [6.07, 6.45) is 8.42. The highest BCUT2D eigenvalue weighted by Crippen LogP contribution is 2.34. The molecule has 1 aromatic carbocycles. The Hall–Kier alpha value is -4.35. The van der Waals surface area contributed by atoms with Crippen molar-refractivity contribution in [1.82, 2.24) is 24.7 Å². The van der Waals surface area contributed by atoms with Crippen LogP contribution in [-0.4, -0.2) is 86.3 Å². The number of amides is 3. The first kappa shape index (κ1) is 37.5. The molecule has 0 bridgehead atoms. The fourth-order valence-corrected chi connectivity index (χ4v) is 6.41. The van der Waals surface area contributed by atoms with E-state index in [1.165, 1.54) is 21.9 Å². The molecule has 12 heteroatoms. The number of benzene rings is 1. The van der Waals surface area contributed by atoms with Crippen LogP contribution < -0.4 is 10.6 Å². The molecule has 1 aliphatic carbocycles. The fraction of sp³-hybridized carbons (Fsp3) is 0.595. The van der Waals surface area contributed by atoms with Crippen LogP contribution in [0, 0.1) is 5.92 Å². The molecule has 1 aliphatic heterocycles. The van der Waals surface area contributed by atoms with Gasteiger partial charge in [-0.1, -0.05) is 38.0 Å². The van der Waals surface area contributed by atoms with Crippen molar-refractivity contribution in [2.45, 2.75) is 123 Å². The van der Waals surface area contributed by atoms with Crippen molar-refractivity contribution < 1.29 is 28.7 Å². The van der Waals surface area contributed by atoms with Crippen LogP contribution >= 0.6 is 0 Å². The molecule has 2 heterocycles. The second-order valence-corrected chi connectivity index (χ2v) is 15.1. The van der Waals surface area contributed by atoms with E-state index in [0.717, 1.165) is 38.5 Å². The molecule has 49 heavy (non-hydrogen) atoms. The van der Waals surface area contributed by atoms with Gasteiger partial charge >= 0.3 is 12.2 Å². The Balaban J connectivity index is 1.53. The SMILES string of the molecule is C=C([C@@H](NC(=O)[C@H](C)N(C)C(=O)OC(C)(C)C)C1CCCCC1)N1CCC[C@H]1C(=O)Nc1ccccc1-c1nccn1C(=O)OC(C)(C)C. The summed E-state index contributed by atoms with van der Waals surface area (Å²) in [7, 11) is 1.56. The first-order chi connectivity index (χ1) is 23.0.